The Balaban J connectivity index is 1.68. The van der Waals surface area contributed by atoms with E-state index in [2.05, 4.69) is 58.2 Å². The van der Waals surface area contributed by atoms with Gasteiger partial charge in [-0.05, 0) is 45.0 Å². The van der Waals surface area contributed by atoms with E-state index in [0.29, 0.717) is 0 Å². The number of nitrogens with zero attached hydrogens (tertiary/aromatic N) is 2. The first-order valence-electron chi connectivity index (χ1n) is 8.55. The molecular formula is C20H23N3. The number of hydrogen-bond donors (Lipinski definition) is 1. The molecule has 0 saturated carbocycles. The van der Waals surface area contributed by atoms with Crippen LogP contribution < -0.4 is 0 Å². The van der Waals surface area contributed by atoms with Gasteiger partial charge in [-0.25, -0.2) is 0 Å². The summed E-state index contributed by atoms with van der Waals surface area (Å²) in [5, 5.41) is 1.23. The molecule has 1 aliphatic rings. The number of H-pyrrole nitrogens is 1. The molecule has 0 aliphatic carbocycles. The monoisotopic (exact) mass is 305 g/mol. The summed E-state index contributed by atoms with van der Waals surface area (Å²) in [5.41, 5.74) is 6.01. The van der Waals surface area contributed by atoms with E-state index in [4.69, 9.17) is 0 Å². The second-order valence-corrected chi connectivity index (χ2v) is 6.62. The van der Waals surface area contributed by atoms with Crippen LogP contribution in [-0.2, 0) is 6.54 Å². The molecule has 1 aromatic carbocycles. The van der Waals surface area contributed by atoms with Crippen LogP contribution in [0, 0.1) is 6.92 Å². The third kappa shape index (κ3) is 3.02. The topological polar surface area (TPSA) is 31.9 Å². The van der Waals surface area contributed by atoms with Gasteiger partial charge in [0, 0.05) is 34.9 Å². The van der Waals surface area contributed by atoms with Gasteiger partial charge in [-0.2, -0.15) is 0 Å². The van der Waals surface area contributed by atoms with E-state index in [1.807, 2.05) is 6.20 Å². The Kier molecular flexibility index (Phi) is 3.88. The maximum absolute atomic E-state index is 4.63. The molecule has 3 nitrogen and oxygen atoms in total. The third-order valence-electron chi connectivity index (χ3n) is 4.77. The molecule has 3 aromatic rings. The van der Waals surface area contributed by atoms with Gasteiger partial charge in [0.1, 0.15) is 0 Å². The fourth-order valence-corrected chi connectivity index (χ4v) is 3.50. The van der Waals surface area contributed by atoms with Crippen molar-refractivity contribution in [2.24, 2.45) is 0 Å². The summed E-state index contributed by atoms with van der Waals surface area (Å²) >= 11 is 0. The van der Waals surface area contributed by atoms with Crippen LogP contribution in [0.25, 0.3) is 22.2 Å². The smallest absolute Gasteiger partial charge is 0.0795 e. The Hall–Kier alpha value is -2.13. The number of aromatic nitrogens is 2. The number of piperidine rings is 1. The van der Waals surface area contributed by atoms with E-state index >= 15 is 0 Å². The molecule has 23 heavy (non-hydrogen) atoms. The second-order valence-electron chi connectivity index (χ2n) is 6.62. The van der Waals surface area contributed by atoms with Crippen LogP contribution in [0.1, 0.15) is 30.5 Å². The second kappa shape index (κ2) is 6.17. The van der Waals surface area contributed by atoms with Gasteiger partial charge in [0.25, 0.3) is 0 Å². The van der Waals surface area contributed by atoms with Crippen molar-refractivity contribution in [3.63, 3.8) is 0 Å². The number of likely N-dealkylation sites (tertiary alicyclic amines) is 1. The highest BCUT2D eigenvalue weighted by molar-refractivity contribution is 5.93. The summed E-state index contributed by atoms with van der Waals surface area (Å²) in [5.74, 6) is 0. The summed E-state index contributed by atoms with van der Waals surface area (Å²) in [6, 6.07) is 13.0. The molecule has 2 aromatic heterocycles. The molecule has 4 rings (SSSR count). The van der Waals surface area contributed by atoms with Gasteiger partial charge in [-0.15, -0.1) is 0 Å². The minimum absolute atomic E-state index is 1.02. The van der Waals surface area contributed by atoms with E-state index in [1.165, 1.54) is 60.1 Å². The number of benzene rings is 1. The fourth-order valence-electron chi connectivity index (χ4n) is 3.50. The van der Waals surface area contributed by atoms with Crippen LogP contribution in [0.2, 0.25) is 0 Å². The van der Waals surface area contributed by atoms with Crippen LogP contribution in [0.5, 0.6) is 0 Å². The lowest BCUT2D eigenvalue weighted by Crippen LogP contribution is -2.29. The van der Waals surface area contributed by atoms with E-state index in [-0.39, 0.29) is 0 Å². The zero-order chi connectivity index (χ0) is 15.6. The molecule has 118 valence electrons. The van der Waals surface area contributed by atoms with Crippen molar-refractivity contribution in [2.75, 3.05) is 13.1 Å². The molecular weight excluding hydrogens is 282 g/mol. The third-order valence-corrected chi connectivity index (χ3v) is 4.77. The van der Waals surface area contributed by atoms with Gasteiger partial charge in [-0.1, -0.05) is 36.2 Å². The maximum Gasteiger partial charge on any atom is 0.0795 e. The summed E-state index contributed by atoms with van der Waals surface area (Å²) in [6.45, 7) is 5.57. The highest BCUT2D eigenvalue weighted by Gasteiger charge is 2.13. The van der Waals surface area contributed by atoms with E-state index in [9.17, 15) is 0 Å². The summed E-state index contributed by atoms with van der Waals surface area (Å²) in [6.07, 6.45) is 5.94. The number of aryl methyl sites for hydroxylation is 1. The van der Waals surface area contributed by atoms with E-state index < -0.39 is 0 Å². The first-order valence-corrected chi connectivity index (χ1v) is 8.55. The average molecular weight is 305 g/mol. The molecule has 3 heterocycles. The van der Waals surface area contributed by atoms with Crippen LogP contribution >= 0.6 is 0 Å². The van der Waals surface area contributed by atoms with E-state index in [0.717, 1.165) is 12.2 Å². The summed E-state index contributed by atoms with van der Waals surface area (Å²) < 4.78 is 0. The first kappa shape index (κ1) is 14.5. The lowest BCUT2D eigenvalue weighted by atomic mass is 10.1. The van der Waals surface area contributed by atoms with Gasteiger partial charge < -0.3 is 4.98 Å². The fraction of sp³-hybridized carbons (Fsp3) is 0.350. The standard InChI is InChI=1S/C20H23N3/c1-15-5-7-16(8-6-15)20-18-13-17(22-19(18)9-10-21-20)14-23-11-3-2-4-12-23/h5-10,13,22H,2-4,11-12,14H2,1H3. The highest BCUT2D eigenvalue weighted by atomic mass is 15.1. The van der Waals surface area contributed by atoms with Crippen molar-refractivity contribution in [2.45, 2.75) is 32.7 Å². The Morgan fingerprint density at radius 3 is 2.61 bits per heavy atom. The quantitative estimate of drug-likeness (QED) is 0.771. The number of hydrogen-bond acceptors (Lipinski definition) is 2. The van der Waals surface area contributed by atoms with E-state index in [1.54, 1.807) is 0 Å². The number of pyridine rings is 1. The summed E-state index contributed by atoms with van der Waals surface area (Å²) in [4.78, 5) is 10.8. The number of aromatic amines is 1. The summed E-state index contributed by atoms with van der Waals surface area (Å²) in [7, 11) is 0. The Labute approximate surface area is 137 Å². The van der Waals surface area contributed by atoms with Crippen LogP contribution in [-0.4, -0.2) is 28.0 Å². The molecule has 3 heteroatoms. The van der Waals surface area contributed by atoms with Crippen LogP contribution in [0.15, 0.2) is 42.6 Å². The van der Waals surface area contributed by atoms with Crippen molar-refractivity contribution in [1.82, 2.24) is 14.9 Å². The lowest BCUT2D eigenvalue weighted by Gasteiger charge is -2.25. The van der Waals surface area contributed by atoms with Gasteiger partial charge in [0.2, 0.25) is 0 Å². The van der Waals surface area contributed by atoms with Crippen molar-refractivity contribution < 1.29 is 0 Å². The molecule has 1 fully saturated rings. The molecule has 0 spiro atoms. The molecule has 0 amide bonds. The van der Waals surface area contributed by atoms with Crippen molar-refractivity contribution in [3.05, 3.63) is 53.9 Å². The number of nitrogens with one attached hydrogen (secondary N) is 1. The molecule has 0 bridgehead atoms. The molecule has 1 N–H and O–H groups in total. The van der Waals surface area contributed by atoms with Crippen molar-refractivity contribution >= 4 is 10.9 Å². The lowest BCUT2D eigenvalue weighted by molar-refractivity contribution is 0.219. The van der Waals surface area contributed by atoms with Gasteiger partial charge >= 0.3 is 0 Å². The van der Waals surface area contributed by atoms with Gasteiger partial charge in [-0.3, -0.25) is 9.88 Å². The number of rotatable bonds is 3. The first-order chi connectivity index (χ1) is 11.3. The molecule has 0 radical (unpaired) electrons. The highest BCUT2D eigenvalue weighted by Crippen LogP contribution is 2.28. The normalized spacial score (nSPS) is 16.0. The van der Waals surface area contributed by atoms with Crippen LogP contribution in [0.3, 0.4) is 0 Å². The Morgan fingerprint density at radius 2 is 1.83 bits per heavy atom. The largest absolute Gasteiger partial charge is 0.357 e. The molecule has 0 atom stereocenters. The minimum atomic E-state index is 1.02. The average Bonchev–Trinajstić information content (AvgIpc) is 2.99. The Bertz CT molecular complexity index is 795. The van der Waals surface area contributed by atoms with Crippen molar-refractivity contribution in [3.8, 4) is 11.3 Å². The minimum Gasteiger partial charge on any atom is -0.357 e. The molecule has 1 aliphatic heterocycles. The Morgan fingerprint density at radius 1 is 1.04 bits per heavy atom. The van der Waals surface area contributed by atoms with Gasteiger partial charge in [0.05, 0.1) is 5.69 Å². The zero-order valence-electron chi connectivity index (χ0n) is 13.7. The van der Waals surface area contributed by atoms with Gasteiger partial charge in [0.15, 0.2) is 0 Å². The zero-order valence-corrected chi connectivity index (χ0v) is 13.7. The maximum atomic E-state index is 4.63. The van der Waals surface area contributed by atoms with Crippen LogP contribution in [0.4, 0.5) is 0 Å². The van der Waals surface area contributed by atoms with Crippen molar-refractivity contribution in [1.29, 1.82) is 0 Å². The SMILES string of the molecule is Cc1ccc(-c2nccc3[nH]c(CN4CCCCC4)cc23)cc1. The predicted octanol–water partition coefficient (Wildman–Crippen LogP) is 4.52. The molecule has 1 saturated heterocycles. The predicted molar refractivity (Wildman–Crippen MR) is 95.4 cm³/mol. The number of fused-ring (bicyclic) bond motifs is 1. The molecule has 0 unspecified atom stereocenters.